The van der Waals surface area contributed by atoms with Gasteiger partial charge in [-0.25, -0.2) is 4.39 Å². The van der Waals surface area contributed by atoms with Crippen molar-refractivity contribution in [2.75, 3.05) is 6.54 Å². The van der Waals surface area contributed by atoms with Gasteiger partial charge in [0.1, 0.15) is 0 Å². The Morgan fingerprint density at radius 1 is 1.50 bits per heavy atom. The first kappa shape index (κ1) is 11.2. The first-order chi connectivity index (χ1) is 6.33. The summed E-state index contributed by atoms with van der Waals surface area (Å²) in [5.74, 6) is 0. The third-order valence-corrected chi connectivity index (χ3v) is 2.70. The second kappa shape index (κ2) is 3.35. The van der Waals surface area contributed by atoms with E-state index >= 15 is 0 Å². The van der Waals surface area contributed by atoms with E-state index in [0.29, 0.717) is 5.69 Å². The van der Waals surface area contributed by atoms with Gasteiger partial charge in [0.05, 0.1) is 5.69 Å². The molecule has 1 atom stereocenters. The number of rotatable bonds is 2. The number of alkyl halides is 1. The van der Waals surface area contributed by atoms with Crippen LogP contribution in [0.3, 0.4) is 0 Å². The SMILES string of the molecule is Cn1nccc1C(F)(CN)C(C)(C)C. The van der Waals surface area contributed by atoms with E-state index in [9.17, 15) is 4.39 Å². The highest BCUT2D eigenvalue weighted by Gasteiger charge is 2.44. The van der Waals surface area contributed by atoms with Crippen LogP contribution in [-0.4, -0.2) is 16.3 Å². The molecular weight excluding hydrogens is 181 g/mol. The molecule has 1 heterocycles. The lowest BCUT2D eigenvalue weighted by Crippen LogP contribution is -2.43. The first-order valence-electron chi connectivity index (χ1n) is 4.70. The summed E-state index contributed by atoms with van der Waals surface area (Å²) in [6, 6.07) is 1.68. The molecule has 0 fully saturated rings. The zero-order chi connectivity index (χ0) is 11.0. The predicted molar refractivity (Wildman–Crippen MR) is 54.5 cm³/mol. The van der Waals surface area contributed by atoms with Crippen LogP contribution < -0.4 is 5.73 Å². The van der Waals surface area contributed by atoms with Crippen molar-refractivity contribution < 1.29 is 4.39 Å². The molecular formula is C10H18FN3. The van der Waals surface area contributed by atoms with Crippen LogP contribution in [0, 0.1) is 5.41 Å². The average molecular weight is 199 g/mol. The van der Waals surface area contributed by atoms with E-state index in [2.05, 4.69) is 5.10 Å². The van der Waals surface area contributed by atoms with Gasteiger partial charge in [0.15, 0.2) is 5.67 Å². The van der Waals surface area contributed by atoms with Crippen LogP contribution >= 0.6 is 0 Å². The molecule has 3 nitrogen and oxygen atoms in total. The maximum Gasteiger partial charge on any atom is 0.169 e. The van der Waals surface area contributed by atoms with Crippen molar-refractivity contribution >= 4 is 0 Å². The number of nitrogens with two attached hydrogens (primary N) is 1. The first-order valence-corrected chi connectivity index (χ1v) is 4.70. The average Bonchev–Trinajstić information content (AvgIpc) is 2.48. The summed E-state index contributed by atoms with van der Waals surface area (Å²) in [4.78, 5) is 0. The van der Waals surface area contributed by atoms with Gasteiger partial charge >= 0.3 is 0 Å². The van der Waals surface area contributed by atoms with Gasteiger partial charge in [-0.05, 0) is 6.07 Å². The molecule has 0 spiro atoms. The van der Waals surface area contributed by atoms with E-state index in [4.69, 9.17) is 5.73 Å². The van der Waals surface area contributed by atoms with Crippen molar-refractivity contribution in [2.24, 2.45) is 18.2 Å². The van der Waals surface area contributed by atoms with Crippen molar-refractivity contribution in [3.8, 4) is 0 Å². The van der Waals surface area contributed by atoms with Gasteiger partial charge in [0, 0.05) is 25.2 Å². The van der Waals surface area contributed by atoms with Crippen molar-refractivity contribution in [1.29, 1.82) is 0 Å². The fraction of sp³-hybridized carbons (Fsp3) is 0.700. The number of nitrogens with zero attached hydrogens (tertiary/aromatic N) is 2. The van der Waals surface area contributed by atoms with E-state index in [1.807, 2.05) is 20.8 Å². The van der Waals surface area contributed by atoms with Crippen LogP contribution in [0.1, 0.15) is 26.5 Å². The standard InChI is InChI=1S/C10H18FN3/c1-9(2,3)10(11,7-12)8-5-6-13-14(8)4/h5-6H,7,12H2,1-4H3. The highest BCUT2D eigenvalue weighted by Crippen LogP contribution is 2.41. The van der Waals surface area contributed by atoms with Crippen LogP contribution in [0.5, 0.6) is 0 Å². The zero-order valence-corrected chi connectivity index (χ0v) is 9.21. The quantitative estimate of drug-likeness (QED) is 0.786. The van der Waals surface area contributed by atoms with E-state index in [0.717, 1.165) is 0 Å². The van der Waals surface area contributed by atoms with Crippen LogP contribution in [0.4, 0.5) is 4.39 Å². The van der Waals surface area contributed by atoms with Gasteiger partial charge in [-0.2, -0.15) is 5.10 Å². The van der Waals surface area contributed by atoms with Crippen LogP contribution in [0.2, 0.25) is 0 Å². The monoisotopic (exact) mass is 199 g/mol. The van der Waals surface area contributed by atoms with E-state index in [1.165, 1.54) is 4.68 Å². The molecule has 0 aliphatic heterocycles. The normalized spacial score (nSPS) is 16.7. The number of halogens is 1. The lowest BCUT2D eigenvalue weighted by Gasteiger charge is -2.36. The maximum atomic E-state index is 14.7. The second-order valence-electron chi connectivity index (χ2n) is 4.60. The number of hydrogen-bond donors (Lipinski definition) is 1. The molecule has 2 N–H and O–H groups in total. The highest BCUT2D eigenvalue weighted by atomic mass is 19.1. The minimum atomic E-state index is -1.53. The van der Waals surface area contributed by atoms with E-state index in [1.54, 1.807) is 19.3 Å². The molecule has 0 saturated heterocycles. The summed E-state index contributed by atoms with van der Waals surface area (Å²) in [5, 5.41) is 3.97. The molecule has 1 rings (SSSR count). The van der Waals surface area contributed by atoms with E-state index in [-0.39, 0.29) is 6.54 Å². The summed E-state index contributed by atoms with van der Waals surface area (Å²) >= 11 is 0. The van der Waals surface area contributed by atoms with Gasteiger partial charge in [-0.1, -0.05) is 20.8 Å². The van der Waals surface area contributed by atoms with E-state index < -0.39 is 11.1 Å². The Bertz CT molecular complexity index is 313. The van der Waals surface area contributed by atoms with Crippen molar-refractivity contribution in [2.45, 2.75) is 26.4 Å². The molecule has 0 aliphatic carbocycles. The Morgan fingerprint density at radius 2 is 2.07 bits per heavy atom. The van der Waals surface area contributed by atoms with Gasteiger partial charge in [-0.3, -0.25) is 4.68 Å². The minimum absolute atomic E-state index is 0.0317. The molecule has 1 unspecified atom stereocenters. The Balaban J connectivity index is 3.22. The Morgan fingerprint density at radius 3 is 2.36 bits per heavy atom. The maximum absolute atomic E-state index is 14.7. The second-order valence-corrected chi connectivity index (χ2v) is 4.60. The minimum Gasteiger partial charge on any atom is -0.327 e. The third-order valence-electron chi connectivity index (χ3n) is 2.70. The molecule has 0 bridgehead atoms. The molecule has 0 aliphatic rings. The van der Waals surface area contributed by atoms with Crippen LogP contribution in [0.15, 0.2) is 12.3 Å². The zero-order valence-electron chi connectivity index (χ0n) is 9.21. The van der Waals surface area contributed by atoms with Gasteiger partial charge in [0.2, 0.25) is 0 Å². The Labute approximate surface area is 84.1 Å². The molecule has 1 aromatic heterocycles. The lowest BCUT2D eigenvalue weighted by atomic mass is 9.76. The van der Waals surface area contributed by atoms with Crippen molar-refractivity contribution in [1.82, 2.24) is 9.78 Å². The van der Waals surface area contributed by atoms with Crippen molar-refractivity contribution in [3.63, 3.8) is 0 Å². The summed E-state index contributed by atoms with van der Waals surface area (Å²) in [6.45, 7) is 5.49. The summed E-state index contributed by atoms with van der Waals surface area (Å²) < 4.78 is 16.2. The third kappa shape index (κ3) is 1.54. The van der Waals surface area contributed by atoms with Crippen LogP contribution in [0.25, 0.3) is 0 Å². The smallest absolute Gasteiger partial charge is 0.169 e. The highest BCUT2D eigenvalue weighted by molar-refractivity contribution is 5.16. The molecule has 4 heteroatoms. The topological polar surface area (TPSA) is 43.8 Å². The molecule has 80 valence electrons. The molecule has 0 radical (unpaired) electrons. The summed E-state index contributed by atoms with van der Waals surface area (Å²) in [5.41, 5.74) is 4.01. The lowest BCUT2D eigenvalue weighted by molar-refractivity contribution is 0.0262. The molecule has 14 heavy (non-hydrogen) atoms. The molecule has 1 aromatic rings. The number of aryl methyl sites for hydroxylation is 1. The molecule has 0 aromatic carbocycles. The number of hydrogen-bond acceptors (Lipinski definition) is 2. The Kier molecular flexibility index (Phi) is 2.67. The Hall–Kier alpha value is -0.900. The van der Waals surface area contributed by atoms with Gasteiger partial charge in [0.25, 0.3) is 0 Å². The largest absolute Gasteiger partial charge is 0.327 e. The van der Waals surface area contributed by atoms with Gasteiger partial charge in [-0.15, -0.1) is 0 Å². The molecule has 0 amide bonds. The van der Waals surface area contributed by atoms with Crippen molar-refractivity contribution in [3.05, 3.63) is 18.0 Å². The predicted octanol–water partition coefficient (Wildman–Crippen LogP) is 1.59. The fourth-order valence-corrected chi connectivity index (χ4v) is 1.56. The summed E-state index contributed by atoms with van der Waals surface area (Å²) in [6.07, 6.45) is 1.59. The van der Waals surface area contributed by atoms with Gasteiger partial charge < -0.3 is 5.73 Å². The number of aromatic nitrogens is 2. The van der Waals surface area contributed by atoms with Crippen LogP contribution in [-0.2, 0) is 12.7 Å². The molecule has 0 saturated carbocycles. The fourth-order valence-electron chi connectivity index (χ4n) is 1.56. The summed E-state index contributed by atoms with van der Waals surface area (Å²) in [7, 11) is 1.73.